The van der Waals surface area contributed by atoms with Crippen LogP contribution in [0.5, 0.6) is 5.75 Å². The van der Waals surface area contributed by atoms with Gasteiger partial charge < -0.3 is 49.4 Å². The molecule has 386 valence electrons. The maximum absolute atomic E-state index is 14.8. The van der Waals surface area contributed by atoms with Gasteiger partial charge in [0.2, 0.25) is 29.5 Å². The summed E-state index contributed by atoms with van der Waals surface area (Å²) in [5, 5.41) is 8.73. The first-order chi connectivity index (χ1) is 33.4. The number of alkyl carbamates (subject to hydrolysis) is 1. The van der Waals surface area contributed by atoms with E-state index in [4.69, 9.17) is 18.8 Å². The van der Waals surface area contributed by atoms with E-state index in [2.05, 4.69) is 36.7 Å². The lowest BCUT2D eigenvalue weighted by Gasteiger charge is -2.63. The quantitative estimate of drug-likeness (QED) is 0.197. The van der Waals surface area contributed by atoms with Crippen LogP contribution < -0.4 is 20.7 Å². The Bertz CT molecular complexity index is 2300. The predicted octanol–water partition coefficient (Wildman–Crippen LogP) is 5.77. The molecule has 3 N–H and O–H groups in total. The molecule has 6 amide bonds. The van der Waals surface area contributed by atoms with Crippen molar-refractivity contribution in [3.63, 3.8) is 0 Å². The van der Waals surface area contributed by atoms with Crippen molar-refractivity contribution in [3.05, 3.63) is 65.7 Å². The first-order valence-corrected chi connectivity index (χ1v) is 26.1. The van der Waals surface area contributed by atoms with Crippen LogP contribution in [-0.4, -0.2) is 136 Å². The van der Waals surface area contributed by atoms with E-state index in [-0.39, 0.29) is 48.4 Å². The molecule has 71 heavy (non-hydrogen) atoms. The van der Waals surface area contributed by atoms with Gasteiger partial charge in [-0.05, 0) is 147 Å². The third-order valence-electron chi connectivity index (χ3n) is 15.8. The van der Waals surface area contributed by atoms with Crippen molar-refractivity contribution in [2.24, 2.45) is 17.3 Å². The van der Waals surface area contributed by atoms with E-state index >= 15 is 0 Å². The highest BCUT2D eigenvalue weighted by atomic mass is 16.7. The first kappa shape index (κ1) is 52.2. The van der Waals surface area contributed by atoms with Crippen LogP contribution in [0.1, 0.15) is 132 Å². The van der Waals surface area contributed by atoms with E-state index in [1.54, 1.807) is 27.7 Å². The topological polar surface area (TPSA) is 185 Å². The second kappa shape index (κ2) is 20.4. The van der Waals surface area contributed by atoms with Crippen LogP contribution in [0.4, 0.5) is 4.79 Å². The second-order valence-electron chi connectivity index (χ2n) is 23.8. The molecule has 2 aromatic rings. The van der Waals surface area contributed by atoms with Gasteiger partial charge in [-0.2, -0.15) is 0 Å². The number of rotatable bonds is 14. The molecule has 17 heteroatoms. The number of amides is 6. The molecule has 4 saturated heterocycles. The summed E-state index contributed by atoms with van der Waals surface area (Å²) in [5.74, 6) is -0.623. The number of carbonyl (C=O) groups excluding carboxylic acids is 6. The summed E-state index contributed by atoms with van der Waals surface area (Å²) in [7, 11) is -0.531. The molecule has 7 fully saturated rings. The molecule has 3 aliphatic carbocycles. The smallest absolute Gasteiger partial charge is 0.481 e. The van der Waals surface area contributed by atoms with Gasteiger partial charge in [-0.1, -0.05) is 56.3 Å². The summed E-state index contributed by atoms with van der Waals surface area (Å²) < 4.78 is 24.9. The first-order valence-electron chi connectivity index (χ1n) is 26.1. The Kier molecular flexibility index (Phi) is 15.0. The molecule has 2 aromatic carbocycles. The van der Waals surface area contributed by atoms with Crippen LogP contribution in [0.2, 0.25) is 0 Å². The summed E-state index contributed by atoms with van der Waals surface area (Å²) in [6.07, 6.45) is 4.95. The van der Waals surface area contributed by atoms with Crippen molar-refractivity contribution in [2.75, 3.05) is 19.6 Å². The third kappa shape index (κ3) is 11.6. The van der Waals surface area contributed by atoms with E-state index in [0.717, 1.165) is 36.8 Å². The van der Waals surface area contributed by atoms with Gasteiger partial charge in [-0.3, -0.25) is 24.0 Å². The minimum absolute atomic E-state index is 0.0161. The maximum atomic E-state index is 14.8. The molecule has 9 unspecified atom stereocenters. The van der Waals surface area contributed by atoms with Crippen molar-refractivity contribution in [2.45, 2.75) is 193 Å². The highest BCUT2D eigenvalue weighted by Crippen LogP contribution is 2.65. The number of ether oxygens (including phenoxy) is 2. The number of carbonyl (C=O) groups is 6. The molecule has 7 aliphatic rings. The normalized spacial score (nSPS) is 28.0. The summed E-state index contributed by atoms with van der Waals surface area (Å²) in [6.45, 7) is 20.7. The number of nitrogens with zero attached hydrogens (tertiary/aromatic N) is 3. The average Bonchev–Trinajstić information content (AvgIpc) is 4.14. The number of likely N-dealkylation sites (tertiary alicyclic amines) is 3. The zero-order chi connectivity index (χ0) is 51.2. The molecular weight excluding hydrogens is 903 g/mol. The van der Waals surface area contributed by atoms with Crippen LogP contribution in [0.15, 0.2) is 54.6 Å². The van der Waals surface area contributed by atoms with Gasteiger partial charge in [0.05, 0.1) is 17.6 Å². The molecule has 0 spiro atoms. The second-order valence-corrected chi connectivity index (χ2v) is 23.8. The Morgan fingerprint density at radius 3 is 1.83 bits per heavy atom. The lowest BCUT2D eigenvalue weighted by atomic mass is 9.45. The van der Waals surface area contributed by atoms with Gasteiger partial charge in [-0.25, -0.2) is 4.79 Å². The standard InChI is InChI=1S/C54H77BN6O10/c1-33(47(64)61-28-16-21-43(61)55-70-44-38-31-36(53(38,8)9)32-54(44,10)71-55)56-45(62)41-19-14-26-59(41)48(65)39(29-34-17-12-11-13-18-34)57-46(63)42-20-15-27-60(42)49(66)40(58-50(67)69-52(5,6)7)30-35-22-24-37(25-23-35)68-51(2,3)4/h11-13,17-18,22-25,33,36,38-44H,14-16,19-21,26-32H2,1-10H3,(H,56,62)(H,57,63)(H,58,67)/t33?,36?,38?,39?,40?,41?,42?,43?,44?,54-/m0/s1. The number of hydrogen-bond donors (Lipinski definition) is 3. The van der Waals surface area contributed by atoms with Gasteiger partial charge in [-0.15, -0.1) is 0 Å². The van der Waals surface area contributed by atoms with E-state index in [9.17, 15) is 28.8 Å². The zero-order valence-electron chi connectivity index (χ0n) is 43.6. The SMILES string of the molecule is CC(NC(=O)C1CCCN1C(=O)C(Cc1ccccc1)NC(=O)C1CCCN1C(=O)C(Cc1ccc(OC(C)(C)C)cc1)NC(=O)OC(C)(C)C)C(=O)N1CCCC1B1OC2C3CC(C[C@]2(C)O1)C3(C)C. The number of nitrogens with one attached hydrogen (secondary N) is 3. The minimum Gasteiger partial charge on any atom is -0.488 e. The lowest BCUT2D eigenvalue weighted by molar-refractivity contribution is -0.185. The summed E-state index contributed by atoms with van der Waals surface area (Å²) in [4.78, 5) is 90.2. The van der Waals surface area contributed by atoms with Crippen molar-refractivity contribution in [1.82, 2.24) is 30.7 Å². The molecule has 0 radical (unpaired) electrons. The lowest BCUT2D eigenvalue weighted by Crippen LogP contribution is -2.63. The Morgan fingerprint density at radius 2 is 1.25 bits per heavy atom. The van der Waals surface area contributed by atoms with Gasteiger partial charge >= 0.3 is 13.2 Å². The highest BCUT2D eigenvalue weighted by molar-refractivity contribution is 6.48. The Morgan fingerprint density at radius 1 is 0.704 bits per heavy atom. The van der Waals surface area contributed by atoms with Gasteiger partial charge in [0, 0.05) is 32.5 Å². The molecule has 0 aromatic heterocycles. The fraction of sp³-hybridized carbons (Fsp3) is 0.667. The van der Waals surface area contributed by atoms with Crippen molar-refractivity contribution < 1.29 is 47.5 Å². The Labute approximate surface area is 420 Å². The van der Waals surface area contributed by atoms with E-state index < -0.39 is 78.3 Å². The van der Waals surface area contributed by atoms with Crippen molar-refractivity contribution >= 4 is 42.7 Å². The van der Waals surface area contributed by atoms with Crippen LogP contribution in [0.25, 0.3) is 0 Å². The third-order valence-corrected chi connectivity index (χ3v) is 15.8. The number of benzene rings is 2. The molecule has 3 saturated carbocycles. The maximum Gasteiger partial charge on any atom is 0.481 e. The van der Waals surface area contributed by atoms with Gasteiger partial charge in [0.25, 0.3) is 0 Å². The molecule has 4 heterocycles. The largest absolute Gasteiger partial charge is 0.488 e. The zero-order valence-corrected chi connectivity index (χ0v) is 43.6. The molecule has 9 rings (SSSR count). The molecule has 4 aliphatic heterocycles. The highest BCUT2D eigenvalue weighted by Gasteiger charge is 2.68. The van der Waals surface area contributed by atoms with E-state index in [1.165, 1.54) is 9.80 Å². The molecule has 10 atom stereocenters. The summed E-state index contributed by atoms with van der Waals surface area (Å²) in [5.41, 5.74) is 0.161. The summed E-state index contributed by atoms with van der Waals surface area (Å²) in [6, 6.07) is 11.9. The van der Waals surface area contributed by atoms with E-state index in [1.807, 2.05) is 80.3 Å². The van der Waals surface area contributed by atoms with Crippen LogP contribution in [0.3, 0.4) is 0 Å². The Balaban J connectivity index is 0.933. The molecule has 16 nitrogen and oxygen atoms in total. The van der Waals surface area contributed by atoms with Gasteiger partial charge in [0.15, 0.2) is 0 Å². The molecular formula is C54H77BN6O10. The molecule has 2 bridgehead atoms. The van der Waals surface area contributed by atoms with Crippen LogP contribution in [-0.2, 0) is 50.9 Å². The minimum atomic E-state index is -1.07. The van der Waals surface area contributed by atoms with E-state index in [0.29, 0.717) is 56.4 Å². The van der Waals surface area contributed by atoms with Gasteiger partial charge in [0.1, 0.15) is 47.2 Å². The van der Waals surface area contributed by atoms with Crippen LogP contribution in [0, 0.1) is 17.3 Å². The van der Waals surface area contributed by atoms with Crippen LogP contribution >= 0.6 is 0 Å². The fourth-order valence-corrected chi connectivity index (χ4v) is 12.1. The average molecular weight is 981 g/mol. The predicted molar refractivity (Wildman–Crippen MR) is 268 cm³/mol. The Hall–Kier alpha value is -5.16. The summed E-state index contributed by atoms with van der Waals surface area (Å²) >= 11 is 0. The van der Waals surface area contributed by atoms with Crippen molar-refractivity contribution in [3.8, 4) is 5.75 Å². The monoisotopic (exact) mass is 981 g/mol. The fourth-order valence-electron chi connectivity index (χ4n) is 12.1. The number of hydrogen-bond acceptors (Lipinski definition) is 10. The van der Waals surface area contributed by atoms with Crippen molar-refractivity contribution in [1.29, 1.82) is 0 Å².